The van der Waals surface area contributed by atoms with Gasteiger partial charge < -0.3 is 5.32 Å². The standard InChI is InChI=1S/C14H17N3S/c1-15-12-4-2-3-5-13-11(12)8-16-14(17-13)10-6-7-18-9-10/h6-9,12,15H,2-5H2,1H3. The Hall–Kier alpha value is -1.26. The molecule has 1 aliphatic carbocycles. The van der Waals surface area contributed by atoms with Crippen molar-refractivity contribution in [2.75, 3.05) is 7.05 Å². The van der Waals surface area contributed by atoms with E-state index in [0.29, 0.717) is 6.04 Å². The van der Waals surface area contributed by atoms with Crippen molar-refractivity contribution in [3.63, 3.8) is 0 Å². The number of aryl methyl sites for hydroxylation is 1. The highest BCUT2D eigenvalue weighted by molar-refractivity contribution is 7.08. The first kappa shape index (κ1) is 11.8. The lowest BCUT2D eigenvalue weighted by Crippen LogP contribution is -2.17. The summed E-state index contributed by atoms with van der Waals surface area (Å²) in [7, 11) is 2.02. The Morgan fingerprint density at radius 2 is 2.33 bits per heavy atom. The van der Waals surface area contributed by atoms with Crippen molar-refractivity contribution in [1.29, 1.82) is 0 Å². The molecule has 0 aromatic carbocycles. The minimum absolute atomic E-state index is 0.416. The molecule has 0 spiro atoms. The van der Waals surface area contributed by atoms with E-state index in [-0.39, 0.29) is 0 Å². The lowest BCUT2D eigenvalue weighted by molar-refractivity contribution is 0.532. The van der Waals surface area contributed by atoms with Crippen molar-refractivity contribution in [3.05, 3.63) is 34.3 Å². The molecule has 2 aromatic rings. The summed E-state index contributed by atoms with van der Waals surface area (Å²) in [6.07, 6.45) is 6.76. The zero-order valence-electron chi connectivity index (χ0n) is 10.5. The summed E-state index contributed by atoms with van der Waals surface area (Å²) in [4.78, 5) is 9.30. The first-order valence-corrected chi connectivity index (χ1v) is 7.38. The molecule has 0 aliphatic heterocycles. The molecule has 0 fully saturated rings. The average Bonchev–Trinajstić information content (AvgIpc) is 2.86. The van der Waals surface area contributed by atoms with Gasteiger partial charge in [-0.15, -0.1) is 0 Å². The second-order valence-corrected chi connectivity index (χ2v) is 5.47. The van der Waals surface area contributed by atoms with E-state index >= 15 is 0 Å². The summed E-state index contributed by atoms with van der Waals surface area (Å²) in [5.41, 5.74) is 3.64. The van der Waals surface area contributed by atoms with Gasteiger partial charge in [0.2, 0.25) is 0 Å². The van der Waals surface area contributed by atoms with Gasteiger partial charge in [-0.05, 0) is 37.8 Å². The Morgan fingerprint density at radius 3 is 3.11 bits per heavy atom. The topological polar surface area (TPSA) is 37.8 Å². The first-order valence-electron chi connectivity index (χ1n) is 6.44. The van der Waals surface area contributed by atoms with Gasteiger partial charge in [0.1, 0.15) is 0 Å². The molecule has 1 aliphatic rings. The number of nitrogens with one attached hydrogen (secondary N) is 1. The molecule has 2 heterocycles. The summed E-state index contributed by atoms with van der Waals surface area (Å²) in [5.74, 6) is 0.867. The van der Waals surface area contributed by atoms with Crippen LogP contribution in [0.5, 0.6) is 0 Å². The largest absolute Gasteiger partial charge is 0.313 e. The van der Waals surface area contributed by atoms with E-state index in [4.69, 9.17) is 4.98 Å². The van der Waals surface area contributed by atoms with Crippen LogP contribution in [0.2, 0.25) is 0 Å². The lowest BCUT2D eigenvalue weighted by Gasteiger charge is -2.16. The smallest absolute Gasteiger partial charge is 0.160 e. The van der Waals surface area contributed by atoms with Gasteiger partial charge in [-0.1, -0.05) is 6.42 Å². The number of thiophene rings is 1. The van der Waals surface area contributed by atoms with Gasteiger partial charge in [-0.3, -0.25) is 0 Å². The van der Waals surface area contributed by atoms with Gasteiger partial charge in [-0.25, -0.2) is 9.97 Å². The molecular weight excluding hydrogens is 242 g/mol. The van der Waals surface area contributed by atoms with Crippen LogP contribution in [0, 0.1) is 0 Å². The molecule has 0 amide bonds. The SMILES string of the molecule is CNC1CCCCc2nc(-c3ccsc3)ncc21. The van der Waals surface area contributed by atoms with Crippen LogP contribution in [0.3, 0.4) is 0 Å². The Labute approximate surface area is 111 Å². The van der Waals surface area contributed by atoms with Gasteiger partial charge in [0, 0.05) is 34.4 Å². The minimum atomic E-state index is 0.416. The van der Waals surface area contributed by atoms with Gasteiger partial charge in [0.15, 0.2) is 5.82 Å². The molecule has 0 saturated carbocycles. The molecule has 3 nitrogen and oxygen atoms in total. The van der Waals surface area contributed by atoms with Gasteiger partial charge in [0.05, 0.1) is 0 Å². The Morgan fingerprint density at radius 1 is 1.39 bits per heavy atom. The summed E-state index contributed by atoms with van der Waals surface area (Å²) in [5, 5.41) is 7.55. The number of nitrogens with zero attached hydrogens (tertiary/aromatic N) is 2. The minimum Gasteiger partial charge on any atom is -0.313 e. The quantitative estimate of drug-likeness (QED) is 0.842. The Kier molecular flexibility index (Phi) is 3.39. The van der Waals surface area contributed by atoms with Gasteiger partial charge in [0.25, 0.3) is 0 Å². The second kappa shape index (κ2) is 5.16. The van der Waals surface area contributed by atoms with Gasteiger partial charge >= 0.3 is 0 Å². The maximum atomic E-state index is 4.77. The normalized spacial score (nSPS) is 19.3. The van der Waals surface area contributed by atoms with Crippen LogP contribution in [-0.2, 0) is 6.42 Å². The van der Waals surface area contributed by atoms with Crippen molar-refractivity contribution in [1.82, 2.24) is 15.3 Å². The fraction of sp³-hybridized carbons (Fsp3) is 0.429. The molecule has 4 heteroatoms. The molecule has 3 rings (SSSR count). The number of hydrogen-bond acceptors (Lipinski definition) is 4. The highest BCUT2D eigenvalue weighted by Gasteiger charge is 2.19. The number of fused-ring (bicyclic) bond motifs is 1. The van der Waals surface area contributed by atoms with E-state index in [0.717, 1.165) is 17.8 Å². The monoisotopic (exact) mass is 259 g/mol. The average molecular weight is 259 g/mol. The van der Waals surface area contributed by atoms with Crippen molar-refractivity contribution >= 4 is 11.3 Å². The number of hydrogen-bond donors (Lipinski definition) is 1. The molecule has 1 N–H and O–H groups in total. The number of rotatable bonds is 2. The summed E-state index contributed by atoms with van der Waals surface area (Å²) >= 11 is 1.69. The molecule has 18 heavy (non-hydrogen) atoms. The zero-order chi connectivity index (χ0) is 12.4. The van der Waals surface area contributed by atoms with E-state index in [1.54, 1.807) is 11.3 Å². The molecule has 94 valence electrons. The van der Waals surface area contributed by atoms with E-state index in [1.807, 2.05) is 13.2 Å². The molecular formula is C14H17N3S. The van der Waals surface area contributed by atoms with Crippen molar-refractivity contribution in [2.24, 2.45) is 0 Å². The van der Waals surface area contributed by atoms with Gasteiger partial charge in [-0.2, -0.15) is 11.3 Å². The van der Waals surface area contributed by atoms with Crippen LogP contribution in [0.25, 0.3) is 11.4 Å². The van der Waals surface area contributed by atoms with Crippen LogP contribution in [0.4, 0.5) is 0 Å². The van der Waals surface area contributed by atoms with Crippen LogP contribution in [0.15, 0.2) is 23.0 Å². The van der Waals surface area contributed by atoms with E-state index < -0.39 is 0 Å². The highest BCUT2D eigenvalue weighted by Crippen LogP contribution is 2.28. The maximum Gasteiger partial charge on any atom is 0.160 e. The predicted octanol–water partition coefficient (Wildman–Crippen LogP) is 3.19. The summed E-state index contributed by atoms with van der Waals surface area (Å²) < 4.78 is 0. The zero-order valence-corrected chi connectivity index (χ0v) is 11.3. The van der Waals surface area contributed by atoms with Crippen LogP contribution < -0.4 is 5.32 Å². The first-order chi connectivity index (χ1) is 8.88. The fourth-order valence-corrected chi connectivity index (χ4v) is 3.18. The summed E-state index contributed by atoms with van der Waals surface area (Å²) in [6.45, 7) is 0. The van der Waals surface area contributed by atoms with E-state index in [1.165, 1.54) is 30.5 Å². The molecule has 2 aromatic heterocycles. The van der Waals surface area contributed by atoms with E-state index in [2.05, 4.69) is 27.1 Å². The van der Waals surface area contributed by atoms with Crippen molar-refractivity contribution in [3.8, 4) is 11.4 Å². The third-order valence-electron chi connectivity index (χ3n) is 3.56. The fourth-order valence-electron chi connectivity index (χ4n) is 2.54. The van der Waals surface area contributed by atoms with Crippen LogP contribution >= 0.6 is 11.3 Å². The Bertz CT molecular complexity index is 522. The third kappa shape index (κ3) is 2.18. The molecule has 0 radical (unpaired) electrons. The van der Waals surface area contributed by atoms with Crippen LogP contribution in [-0.4, -0.2) is 17.0 Å². The van der Waals surface area contributed by atoms with E-state index in [9.17, 15) is 0 Å². The summed E-state index contributed by atoms with van der Waals surface area (Å²) in [6, 6.07) is 2.50. The molecule has 1 atom stereocenters. The van der Waals surface area contributed by atoms with Crippen LogP contribution in [0.1, 0.15) is 36.6 Å². The molecule has 0 bridgehead atoms. The maximum absolute atomic E-state index is 4.77. The predicted molar refractivity (Wildman–Crippen MR) is 74.7 cm³/mol. The molecule has 1 unspecified atom stereocenters. The Balaban J connectivity index is 2.01. The van der Waals surface area contributed by atoms with Crippen molar-refractivity contribution in [2.45, 2.75) is 31.7 Å². The number of aromatic nitrogens is 2. The lowest BCUT2D eigenvalue weighted by atomic mass is 10.1. The highest BCUT2D eigenvalue weighted by atomic mass is 32.1. The third-order valence-corrected chi connectivity index (χ3v) is 4.24. The second-order valence-electron chi connectivity index (χ2n) is 4.69. The molecule has 0 saturated heterocycles. The van der Waals surface area contributed by atoms with Crippen molar-refractivity contribution < 1.29 is 0 Å².